The monoisotopic (exact) mass is 395 g/mol. The number of ether oxygens (including phenoxy) is 1. The minimum atomic E-state index is -0.957. The predicted octanol–water partition coefficient (Wildman–Crippen LogP) is 5.09. The molecular formula is C14H10BrCl2F2NO. The molecule has 0 radical (unpaired) electrons. The van der Waals surface area contributed by atoms with E-state index in [0.29, 0.717) is 20.8 Å². The van der Waals surface area contributed by atoms with Crippen molar-refractivity contribution in [2.75, 3.05) is 7.11 Å². The highest BCUT2D eigenvalue weighted by Gasteiger charge is 2.21. The largest absolute Gasteiger partial charge is 0.495 e. The van der Waals surface area contributed by atoms with Crippen molar-refractivity contribution < 1.29 is 13.5 Å². The van der Waals surface area contributed by atoms with Crippen LogP contribution in [0.3, 0.4) is 0 Å². The molecule has 0 fully saturated rings. The van der Waals surface area contributed by atoms with Gasteiger partial charge in [0, 0.05) is 16.1 Å². The second-order valence-corrected chi connectivity index (χ2v) is 5.97. The molecule has 7 heteroatoms. The van der Waals surface area contributed by atoms with Crippen LogP contribution < -0.4 is 10.5 Å². The summed E-state index contributed by atoms with van der Waals surface area (Å²) in [6.07, 6.45) is 0. The van der Waals surface area contributed by atoms with Crippen LogP contribution in [0, 0.1) is 11.6 Å². The summed E-state index contributed by atoms with van der Waals surface area (Å²) >= 11 is 14.8. The van der Waals surface area contributed by atoms with Gasteiger partial charge in [0.15, 0.2) is 0 Å². The van der Waals surface area contributed by atoms with Gasteiger partial charge in [-0.05, 0) is 40.2 Å². The first-order chi connectivity index (χ1) is 9.85. The van der Waals surface area contributed by atoms with E-state index in [1.54, 1.807) is 12.1 Å². The lowest BCUT2D eigenvalue weighted by atomic mass is 9.98. The number of rotatable bonds is 3. The van der Waals surface area contributed by atoms with Gasteiger partial charge >= 0.3 is 0 Å². The zero-order valence-corrected chi connectivity index (χ0v) is 13.9. The Hall–Kier alpha value is -0.880. The Bertz CT molecular complexity index is 697. The molecule has 2 aromatic carbocycles. The molecule has 0 heterocycles. The lowest BCUT2D eigenvalue weighted by Gasteiger charge is -2.18. The van der Waals surface area contributed by atoms with Crippen LogP contribution >= 0.6 is 39.1 Å². The first kappa shape index (κ1) is 16.5. The maximum Gasteiger partial charge on any atom is 0.142 e. The van der Waals surface area contributed by atoms with Crippen molar-refractivity contribution in [3.63, 3.8) is 0 Å². The van der Waals surface area contributed by atoms with E-state index in [9.17, 15) is 8.78 Å². The minimum Gasteiger partial charge on any atom is -0.495 e. The molecule has 0 aliphatic rings. The third-order valence-corrected chi connectivity index (χ3v) is 4.05. The zero-order valence-electron chi connectivity index (χ0n) is 10.8. The summed E-state index contributed by atoms with van der Waals surface area (Å²) in [5.74, 6) is -1.04. The van der Waals surface area contributed by atoms with E-state index in [0.717, 1.165) is 12.1 Å². The topological polar surface area (TPSA) is 35.2 Å². The number of hydrogen-bond acceptors (Lipinski definition) is 2. The van der Waals surface area contributed by atoms with E-state index in [1.165, 1.54) is 7.11 Å². The van der Waals surface area contributed by atoms with E-state index in [-0.39, 0.29) is 10.6 Å². The van der Waals surface area contributed by atoms with Crippen molar-refractivity contribution in [1.29, 1.82) is 0 Å². The molecular weight excluding hydrogens is 387 g/mol. The number of halogens is 5. The Morgan fingerprint density at radius 3 is 2.38 bits per heavy atom. The highest BCUT2D eigenvalue weighted by molar-refractivity contribution is 9.10. The smallest absolute Gasteiger partial charge is 0.142 e. The molecule has 0 saturated heterocycles. The van der Waals surface area contributed by atoms with Gasteiger partial charge in [0.1, 0.15) is 17.4 Å². The summed E-state index contributed by atoms with van der Waals surface area (Å²) in [5.41, 5.74) is 6.43. The Morgan fingerprint density at radius 2 is 1.76 bits per heavy atom. The molecule has 112 valence electrons. The van der Waals surface area contributed by atoms with Gasteiger partial charge in [0.05, 0.1) is 22.6 Å². The van der Waals surface area contributed by atoms with E-state index in [1.807, 2.05) is 0 Å². The van der Waals surface area contributed by atoms with Crippen molar-refractivity contribution in [3.8, 4) is 5.75 Å². The van der Waals surface area contributed by atoms with Crippen LogP contribution in [0.1, 0.15) is 17.2 Å². The fourth-order valence-electron chi connectivity index (χ4n) is 1.97. The predicted molar refractivity (Wildman–Crippen MR) is 83.1 cm³/mol. The Labute approximate surface area is 138 Å². The molecule has 0 aliphatic heterocycles. The molecule has 0 spiro atoms. The van der Waals surface area contributed by atoms with Crippen molar-refractivity contribution in [2.45, 2.75) is 6.04 Å². The quantitative estimate of drug-likeness (QED) is 0.733. The second-order valence-electron chi connectivity index (χ2n) is 4.28. The molecule has 2 rings (SSSR count). The lowest BCUT2D eigenvalue weighted by molar-refractivity contribution is 0.404. The standard InChI is InChI=1S/C14H10BrCl2F2NO/c1-21-14-8(2-6(16)3-9(14)15)13(20)7-4-12(19)10(17)5-11(7)18/h2-5,13H,20H2,1H3. The second kappa shape index (κ2) is 6.48. The molecule has 21 heavy (non-hydrogen) atoms. The number of nitrogens with two attached hydrogens (primary N) is 1. The van der Waals surface area contributed by atoms with Crippen molar-refractivity contribution in [1.82, 2.24) is 0 Å². The molecule has 2 nitrogen and oxygen atoms in total. The van der Waals surface area contributed by atoms with Crippen molar-refractivity contribution in [2.24, 2.45) is 5.73 Å². The summed E-state index contributed by atoms with van der Waals surface area (Å²) in [6.45, 7) is 0. The molecule has 0 amide bonds. The maximum absolute atomic E-state index is 14.0. The van der Waals surface area contributed by atoms with E-state index >= 15 is 0 Å². The van der Waals surface area contributed by atoms with E-state index in [4.69, 9.17) is 33.7 Å². The molecule has 0 aliphatic carbocycles. The summed E-state index contributed by atoms with van der Waals surface area (Å²) < 4.78 is 33.3. The fraction of sp³-hybridized carbons (Fsp3) is 0.143. The fourth-order valence-corrected chi connectivity index (χ4v) is 3.12. The Kier molecular flexibility index (Phi) is 5.09. The van der Waals surface area contributed by atoms with Gasteiger partial charge in [-0.15, -0.1) is 0 Å². The van der Waals surface area contributed by atoms with Crippen LogP contribution in [0.2, 0.25) is 10.0 Å². The molecule has 2 aromatic rings. The maximum atomic E-state index is 14.0. The number of methoxy groups -OCH3 is 1. The average molecular weight is 397 g/mol. The molecule has 0 saturated carbocycles. The lowest BCUT2D eigenvalue weighted by Crippen LogP contribution is -2.15. The molecule has 2 N–H and O–H groups in total. The first-order valence-corrected chi connectivity index (χ1v) is 7.33. The van der Waals surface area contributed by atoms with Crippen molar-refractivity contribution in [3.05, 3.63) is 61.5 Å². The summed E-state index contributed by atoms with van der Waals surface area (Å²) in [7, 11) is 1.45. The van der Waals surface area contributed by atoms with Crippen LogP contribution in [-0.2, 0) is 0 Å². The highest BCUT2D eigenvalue weighted by atomic mass is 79.9. The molecule has 1 unspecified atom stereocenters. The van der Waals surface area contributed by atoms with Crippen LogP contribution in [-0.4, -0.2) is 7.11 Å². The summed E-state index contributed by atoms with van der Waals surface area (Å²) in [4.78, 5) is 0. The van der Waals surface area contributed by atoms with Gasteiger partial charge in [-0.25, -0.2) is 8.78 Å². The number of hydrogen-bond donors (Lipinski definition) is 1. The summed E-state index contributed by atoms with van der Waals surface area (Å²) in [5, 5.41) is 0.0886. The minimum absolute atomic E-state index is 0.0376. The molecule has 0 bridgehead atoms. The first-order valence-electron chi connectivity index (χ1n) is 5.78. The van der Waals surface area contributed by atoms with Crippen LogP contribution in [0.25, 0.3) is 0 Å². The zero-order chi connectivity index (χ0) is 15.7. The van der Waals surface area contributed by atoms with E-state index in [2.05, 4.69) is 15.9 Å². The van der Waals surface area contributed by atoms with Gasteiger partial charge in [0.2, 0.25) is 0 Å². The highest BCUT2D eigenvalue weighted by Crippen LogP contribution is 2.38. The third-order valence-electron chi connectivity index (χ3n) is 2.95. The van der Waals surface area contributed by atoms with Crippen LogP contribution in [0.15, 0.2) is 28.7 Å². The van der Waals surface area contributed by atoms with Crippen LogP contribution in [0.4, 0.5) is 8.78 Å². The van der Waals surface area contributed by atoms with Gasteiger partial charge in [-0.2, -0.15) is 0 Å². The Morgan fingerprint density at radius 1 is 1.10 bits per heavy atom. The molecule has 0 aromatic heterocycles. The van der Waals surface area contributed by atoms with Gasteiger partial charge in [-0.3, -0.25) is 0 Å². The third kappa shape index (κ3) is 3.31. The van der Waals surface area contributed by atoms with Gasteiger partial charge in [-0.1, -0.05) is 23.2 Å². The van der Waals surface area contributed by atoms with Gasteiger partial charge < -0.3 is 10.5 Å². The summed E-state index contributed by atoms with van der Waals surface area (Å²) in [6, 6.07) is 4.06. The van der Waals surface area contributed by atoms with Crippen LogP contribution in [0.5, 0.6) is 5.75 Å². The average Bonchev–Trinajstić information content (AvgIpc) is 2.41. The molecule has 1 atom stereocenters. The number of benzene rings is 2. The Balaban J connectivity index is 2.60. The van der Waals surface area contributed by atoms with Gasteiger partial charge in [0.25, 0.3) is 0 Å². The normalized spacial score (nSPS) is 12.3. The SMILES string of the molecule is COc1c(Br)cc(Cl)cc1C(N)c1cc(F)c(Cl)cc1F. The van der Waals surface area contributed by atoms with E-state index < -0.39 is 17.7 Å². The van der Waals surface area contributed by atoms with Crippen molar-refractivity contribution >= 4 is 39.1 Å².